The summed E-state index contributed by atoms with van der Waals surface area (Å²) < 4.78 is 5.16. The summed E-state index contributed by atoms with van der Waals surface area (Å²) in [6, 6.07) is 7.47. The second-order valence-corrected chi connectivity index (χ2v) is 3.91. The number of oxazole rings is 1. The van der Waals surface area contributed by atoms with Crippen LogP contribution in [0.5, 0.6) is 0 Å². The molecular formula is C13H15N3O2. The third-order valence-electron chi connectivity index (χ3n) is 2.42. The van der Waals surface area contributed by atoms with Crippen molar-refractivity contribution in [3.63, 3.8) is 0 Å². The number of benzene rings is 1. The molecule has 5 nitrogen and oxygen atoms in total. The van der Waals surface area contributed by atoms with E-state index in [2.05, 4.69) is 15.6 Å². The lowest BCUT2D eigenvalue weighted by atomic mass is 10.1. The van der Waals surface area contributed by atoms with Gasteiger partial charge in [0.1, 0.15) is 12.0 Å². The summed E-state index contributed by atoms with van der Waals surface area (Å²) in [6.07, 6.45) is 1.62. The minimum Gasteiger partial charge on any atom is -0.449 e. The van der Waals surface area contributed by atoms with Crippen molar-refractivity contribution in [3.8, 4) is 11.3 Å². The van der Waals surface area contributed by atoms with Crippen molar-refractivity contribution in [1.29, 1.82) is 0 Å². The Morgan fingerprint density at radius 3 is 2.61 bits per heavy atom. The van der Waals surface area contributed by atoms with E-state index < -0.39 is 0 Å². The average molecular weight is 245 g/mol. The summed E-state index contributed by atoms with van der Waals surface area (Å²) in [5, 5.41) is 5.57. The van der Waals surface area contributed by atoms with Crippen molar-refractivity contribution in [2.45, 2.75) is 6.92 Å². The van der Waals surface area contributed by atoms with E-state index in [1.54, 1.807) is 20.2 Å². The first-order valence-electron chi connectivity index (χ1n) is 5.66. The first-order valence-corrected chi connectivity index (χ1v) is 5.66. The van der Waals surface area contributed by atoms with Gasteiger partial charge in [0.2, 0.25) is 5.91 Å². The van der Waals surface area contributed by atoms with Gasteiger partial charge in [-0.05, 0) is 19.2 Å². The van der Waals surface area contributed by atoms with Crippen LogP contribution in [0.25, 0.3) is 11.3 Å². The Hall–Kier alpha value is -2.14. The van der Waals surface area contributed by atoms with Gasteiger partial charge in [0, 0.05) is 18.2 Å². The van der Waals surface area contributed by atoms with Gasteiger partial charge in [-0.2, -0.15) is 0 Å². The van der Waals surface area contributed by atoms with Gasteiger partial charge < -0.3 is 15.1 Å². The van der Waals surface area contributed by atoms with Crippen molar-refractivity contribution in [3.05, 3.63) is 36.4 Å². The maximum absolute atomic E-state index is 11.4. The molecule has 0 saturated heterocycles. The number of hydrogen-bond acceptors (Lipinski definition) is 4. The zero-order valence-corrected chi connectivity index (χ0v) is 10.4. The molecule has 0 unspecified atom stereocenters. The Balaban J connectivity index is 2.08. The molecule has 1 heterocycles. The summed E-state index contributed by atoms with van der Waals surface area (Å²) >= 11 is 0. The molecule has 0 aliphatic heterocycles. The van der Waals surface area contributed by atoms with Crippen LogP contribution in [0.4, 0.5) is 5.69 Å². The third kappa shape index (κ3) is 2.95. The summed E-state index contributed by atoms with van der Waals surface area (Å²) in [5.41, 5.74) is 2.51. The Morgan fingerprint density at radius 2 is 2.06 bits per heavy atom. The molecule has 0 aliphatic carbocycles. The van der Waals surface area contributed by atoms with Crippen LogP contribution in [0.15, 0.2) is 34.9 Å². The summed E-state index contributed by atoms with van der Waals surface area (Å²) in [7, 11) is 1.73. The van der Waals surface area contributed by atoms with Gasteiger partial charge in [0.05, 0.1) is 6.54 Å². The molecule has 1 aromatic carbocycles. The predicted octanol–water partition coefficient (Wildman–Crippen LogP) is 1.81. The molecule has 94 valence electrons. The second-order valence-electron chi connectivity index (χ2n) is 3.91. The molecule has 0 radical (unpaired) electrons. The van der Waals surface area contributed by atoms with Gasteiger partial charge in [0.25, 0.3) is 0 Å². The zero-order chi connectivity index (χ0) is 13.0. The van der Waals surface area contributed by atoms with Crippen LogP contribution in [0, 0.1) is 6.92 Å². The molecule has 1 amide bonds. The van der Waals surface area contributed by atoms with E-state index in [4.69, 9.17) is 4.42 Å². The van der Waals surface area contributed by atoms with Crippen LogP contribution in [0.1, 0.15) is 5.89 Å². The van der Waals surface area contributed by atoms with E-state index in [0.717, 1.165) is 16.9 Å². The largest absolute Gasteiger partial charge is 0.449 e. The first-order chi connectivity index (χ1) is 8.69. The van der Waals surface area contributed by atoms with Gasteiger partial charge in [-0.15, -0.1) is 0 Å². The summed E-state index contributed by atoms with van der Waals surface area (Å²) in [5.74, 6) is 0.568. The topological polar surface area (TPSA) is 67.2 Å². The number of nitrogens with zero attached hydrogens (tertiary/aromatic N) is 1. The highest BCUT2D eigenvalue weighted by molar-refractivity contribution is 5.92. The molecule has 0 saturated carbocycles. The van der Waals surface area contributed by atoms with Gasteiger partial charge >= 0.3 is 0 Å². The number of aryl methyl sites for hydroxylation is 1. The highest BCUT2D eigenvalue weighted by Gasteiger charge is 2.04. The van der Waals surface area contributed by atoms with Gasteiger partial charge in [0.15, 0.2) is 5.89 Å². The number of likely N-dealkylation sites (N-methyl/N-ethyl adjacent to an activating group) is 1. The molecule has 18 heavy (non-hydrogen) atoms. The van der Waals surface area contributed by atoms with Gasteiger partial charge in [-0.25, -0.2) is 4.98 Å². The van der Waals surface area contributed by atoms with Gasteiger partial charge in [-0.1, -0.05) is 12.1 Å². The minimum atomic E-state index is -0.0671. The normalized spacial score (nSPS) is 10.3. The van der Waals surface area contributed by atoms with Crippen molar-refractivity contribution in [2.75, 3.05) is 18.9 Å². The highest BCUT2D eigenvalue weighted by Crippen LogP contribution is 2.20. The SMILES string of the molecule is CNCC(=O)Nc1ccc(-c2coc(C)n2)cc1. The number of rotatable bonds is 4. The molecular weight excluding hydrogens is 230 g/mol. The maximum Gasteiger partial charge on any atom is 0.238 e. The number of amides is 1. The molecule has 0 bridgehead atoms. The van der Waals surface area contributed by atoms with Crippen LogP contribution in [-0.4, -0.2) is 24.5 Å². The molecule has 0 aliphatic rings. The van der Waals surface area contributed by atoms with E-state index in [1.807, 2.05) is 24.3 Å². The van der Waals surface area contributed by atoms with Crippen LogP contribution in [-0.2, 0) is 4.79 Å². The standard InChI is InChI=1S/C13H15N3O2/c1-9-15-12(8-18-9)10-3-5-11(6-4-10)16-13(17)7-14-2/h3-6,8,14H,7H2,1-2H3,(H,16,17). The fraction of sp³-hybridized carbons (Fsp3) is 0.231. The lowest BCUT2D eigenvalue weighted by Crippen LogP contribution is -2.24. The van der Waals surface area contributed by atoms with Crippen LogP contribution in [0.2, 0.25) is 0 Å². The number of aromatic nitrogens is 1. The number of anilines is 1. The summed E-state index contributed by atoms with van der Waals surface area (Å²) in [6.45, 7) is 2.10. The third-order valence-corrected chi connectivity index (χ3v) is 2.42. The van der Waals surface area contributed by atoms with Gasteiger partial charge in [-0.3, -0.25) is 4.79 Å². The quantitative estimate of drug-likeness (QED) is 0.862. The fourth-order valence-corrected chi connectivity index (χ4v) is 1.59. The van der Waals surface area contributed by atoms with E-state index in [9.17, 15) is 4.79 Å². The molecule has 2 aromatic rings. The first kappa shape index (κ1) is 12.3. The van der Waals surface area contributed by atoms with E-state index in [0.29, 0.717) is 12.4 Å². The molecule has 0 fully saturated rings. The van der Waals surface area contributed by atoms with Crippen molar-refractivity contribution < 1.29 is 9.21 Å². The maximum atomic E-state index is 11.4. The number of carbonyl (C=O) groups excluding carboxylic acids is 1. The monoisotopic (exact) mass is 245 g/mol. The Morgan fingerprint density at radius 1 is 1.33 bits per heavy atom. The number of carbonyl (C=O) groups is 1. The Bertz CT molecular complexity index is 531. The smallest absolute Gasteiger partial charge is 0.238 e. The molecule has 0 atom stereocenters. The van der Waals surface area contributed by atoms with Crippen molar-refractivity contribution >= 4 is 11.6 Å². The predicted molar refractivity (Wildman–Crippen MR) is 69.2 cm³/mol. The van der Waals surface area contributed by atoms with Crippen LogP contribution < -0.4 is 10.6 Å². The molecule has 2 N–H and O–H groups in total. The molecule has 1 aromatic heterocycles. The number of nitrogens with one attached hydrogen (secondary N) is 2. The van der Waals surface area contributed by atoms with Crippen LogP contribution >= 0.6 is 0 Å². The van der Waals surface area contributed by atoms with E-state index >= 15 is 0 Å². The minimum absolute atomic E-state index is 0.0671. The molecule has 0 spiro atoms. The van der Waals surface area contributed by atoms with Crippen molar-refractivity contribution in [1.82, 2.24) is 10.3 Å². The second kappa shape index (κ2) is 5.46. The van der Waals surface area contributed by atoms with E-state index in [1.165, 1.54) is 0 Å². The summed E-state index contributed by atoms with van der Waals surface area (Å²) in [4.78, 5) is 15.6. The Kier molecular flexibility index (Phi) is 3.74. The Labute approximate surface area is 105 Å². The highest BCUT2D eigenvalue weighted by atomic mass is 16.3. The lowest BCUT2D eigenvalue weighted by Gasteiger charge is -2.05. The average Bonchev–Trinajstić information content (AvgIpc) is 2.77. The van der Waals surface area contributed by atoms with Crippen molar-refractivity contribution in [2.24, 2.45) is 0 Å². The zero-order valence-electron chi connectivity index (χ0n) is 10.4. The van der Waals surface area contributed by atoms with E-state index in [-0.39, 0.29) is 5.91 Å². The van der Waals surface area contributed by atoms with Crippen LogP contribution in [0.3, 0.4) is 0 Å². The number of hydrogen-bond donors (Lipinski definition) is 2. The molecule has 5 heteroatoms. The lowest BCUT2D eigenvalue weighted by molar-refractivity contribution is -0.115. The molecule has 2 rings (SSSR count). The fourth-order valence-electron chi connectivity index (χ4n) is 1.59.